The molecular formula is C18H17N5O6. The molecule has 29 heavy (non-hydrogen) atoms. The van der Waals surface area contributed by atoms with E-state index in [4.69, 9.17) is 9.47 Å². The molecule has 2 aromatic heterocycles. The molecule has 11 heteroatoms. The number of aromatic nitrogens is 3. The van der Waals surface area contributed by atoms with Gasteiger partial charge in [-0.25, -0.2) is 4.79 Å². The van der Waals surface area contributed by atoms with E-state index in [9.17, 15) is 19.7 Å². The van der Waals surface area contributed by atoms with Crippen molar-refractivity contribution in [2.24, 2.45) is 0 Å². The van der Waals surface area contributed by atoms with Crippen molar-refractivity contribution in [3.8, 4) is 5.75 Å². The first-order chi connectivity index (χ1) is 13.8. The number of carbonyl (C=O) groups is 2. The molecule has 11 nitrogen and oxygen atoms in total. The summed E-state index contributed by atoms with van der Waals surface area (Å²) >= 11 is 0. The number of rotatable bonds is 6. The number of esters is 1. The molecule has 0 fully saturated rings. The van der Waals surface area contributed by atoms with E-state index in [2.05, 4.69) is 15.5 Å². The number of fused-ring (bicyclic) bond motifs is 1. The number of nitro groups is 1. The lowest BCUT2D eigenvalue weighted by molar-refractivity contribution is -0.384. The number of non-ortho nitro benzene ring substituents is 1. The topological polar surface area (TPSA) is 138 Å². The number of nitro benzene ring substituents is 1. The van der Waals surface area contributed by atoms with Crippen molar-refractivity contribution in [2.45, 2.75) is 20.0 Å². The maximum absolute atomic E-state index is 12.4. The Morgan fingerprint density at radius 3 is 2.69 bits per heavy atom. The van der Waals surface area contributed by atoms with Crippen LogP contribution in [0.1, 0.15) is 23.1 Å². The Bertz CT molecular complexity index is 1110. The minimum absolute atomic E-state index is 0.0936. The number of hydrogen-bond donors (Lipinski definition) is 1. The highest BCUT2D eigenvalue weighted by Gasteiger charge is 2.22. The number of methoxy groups -OCH3 is 1. The first-order valence-corrected chi connectivity index (χ1v) is 8.46. The number of nitrogens with zero attached hydrogens (tertiary/aromatic N) is 4. The molecule has 1 aromatic carbocycles. The molecule has 0 radical (unpaired) electrons. The molecule has 1 N–H and O–H groups in total. The van der Waals surface area contributed by atoms with Crippen molar-refractivity contribution in [1.82, 2.24) is 14.6 Å². The van der Waals surface area contributed by atoms with E-state index in [1.165, 1.54) is 38.4 Å². The molecular weight excluding hydrogens is 382 g/mol. The van der Waals surface area contributed by atoms with E-state index in [0.717, 1.165) is 6.07 Å². The Hall–Kier alpha value is -4.02. The van der Waals surface area contributed by atoms with Crippen molar-refractivity contribution >= 4 is 28.9 Å². The Kier molecular flexibility index (Phi) is 5.39. The van der Waals surface area contributed by atoms with E-state index in [1.54, 1.807) is 17.4 Å². The lowest BCUT2D eigenvalue weighted by atomic mass is 10.2. The first kappa shape index (κ1) is 19.7. The van der Waals surface area contributed by atoms with Gasteiger partial charge in [0.15, 0.2) is 11.8 Å². The van der Waals surface area contributed by atoms with E-state index in [-0.39, 0.29) is 22.7 Å². The van der Waals surface area contributed by atoms with Crippen LogP contribution in [0.25, 0.3) is 5.65 Å². The van der Waals surface area contributed by atoms with Crippen LogP contribution in [0.15, 0.2) is 36.5 Å². The fraction of sp³-hybridized carbons (Fsp3) is 0.222. The van der Waals surface area contributed by atoms with Crippen molar-refractivity contribution in [2.75, 3.05) is 12.4 Å². The number of hydrogen-bond acceptors (Lipinski definition) is 8. The standard InChI is InChI=1S/C18H17N5O6/c1-10(17(24)19-14-8-13(23(26)27)5-6-15(14)28-3)29-18(25)12-4-7-16-21-20-11(2)22(16)9-12/h4-10H,1-3H3,(H,19,24). The van der Waals surface area contributed by atoms with Gasteiger partial charge in [-0.2, -0.15) is 0 Å². The summed E-state index contributed by atoms with van der Waals surface area (Å²) in [6.45, 7) is 3.12. The van der Waals surface area contributed by atoms with Gasteiger partial charge in [-0.15, -0.1) is 10.2 Å². The van der Waals surface area contributed by atoms with Crippen LogP contribution >= 0.6 is 0 Å². The molecule has 0 bridgehead atoms. The van der Waals surface area contributed by atoms with Crippen LogP contribution in [-0.2, 0) is 9.53 Å². The molecule has 1 unspecified atom stereocenters. The van der Waals surface area contributed by atoms with Crippen LogP contribution < -0.4 is 10.1 Å². The lowest BCUT2D eigenvalue weighted by Gasteiger charge is -2.15. The summed E-state index contributed by atoms with van der Waals surface area (Å²) in [6, 6.07) is 6.89. The molecule has 1 atom stereocenters. The summed E-state index contributed by atoms with van der Waals surface area (Å²) in [4.78, 5) is 35.1. The second-order valence-electron chi connectivity index (χ2n) is 6.07. The lowest BCUT2D eigenvalue weighted by Crippen LogP contribution is -2.30. The molecule has 3 aromatic rings. The van der Waals surface area contributed by atoms with Crippen LogP contribution in [-0.4, -0.2) is 44.6 Å². The van der Waals surface area contributed by atoms with Gasteiger partial charge in [-0.05, 0) is 32.0 Å². The third kappa shape index (κ3) is 4.13. The summed E-state index contributed by atoms with van der Waals surface area (Å²) < 4.78 is 11.9. The van der Waals surface area contributed by atoms with Gasteiger partial charge in [-0.1, -0.05) is 0 Å². The van der Waals surface area contributed by atoms with E-state index < -0.39 is 22.9 Å². The summed E-state index contributed by atoms with van der Waals surface area (Å²) in [5.41, 5.74) is 0.662. The van der Waals surface area contributed by atoms with Gasteiger partial charge in [0.2, 0.25) is 0 Å². The number of anilines is 1. The second-order valence-corrected chi connectivity index (χ2v) is 6.07. The average molecular weight is 399 g/mol. The summed E-state index contributed by atoms with van der Waals surface area (Å²) in [6.07, 6.45) is 0.352. The molecule has 2 heterocycles. The zero-order valence-corrected chi connectivity index (χ0v) is 15.8. The van der Waals surface area contributed by atoms with Crippen molar-refractivity contribution in [3.63, 3.8) is 0 Å². The van der Waals surface area contributed by atoms with Gasteiger partial charge in [0.25, 0.3) is 11.6 Å². The normalized spacial score (nSPS) is 11.7. The number of aryl methyl sites for hydroxylation is 1. The largest absolute Gasteiger partial charge is 0.495 e. The minimum Gasteiger partial charge on any atom is -0.495 e. The highest BCUT2D eigenvalue weighted by Crippen LogP contribution is 2.29. The van der Waals surface area contributed by atoms with Crippen LogP contribution in [0.4, 0.5) is 11.4 Å². The van der Waals surface area contributed by atoms with Crippen LogP contribution in [0.5, 0.6) is 5.75 Å². The zero-order chi connectivity index (χ0) is 21.1. The first-order valence-electron chi connectivity index (χ1n) is 8.46. The monoisotopic (exact) mass is 399 g/mol. The summed E-state index contributed by atoms with van der Waals surface area (Å²) in [5.74, 6) is -0.554. The SMILES string of the molecule is COc1ccc([N+](=O)[O-])cc1NC(=O)C(C)OC(=O)c1ccc2nnc(C)n2c1. The third-order valence-electron chi connectivity index (χ3n) is 4.11. The van der Waals surface area contributed by atoms with Crippen LogP contribution in [0.2, 0.25) is 0 Å². The Labute approximate surface area is 164 Å². The van der Waals surface area contributed by atoms with Crippen molar-refractivity contribution in [3.05, 3.63) is 58.0 Å². The van der Waals surface area contributed by atoms with Gasteiger partial charge in [-0.3, -0.25) is 19.3 Å². The summed E-state index contributed by atoms with van der Waals surface area (Å²) in [5, 5.41) is 21.3. The number of pyridine rings is 1. The predicted octanol–water partition coefficient (Wildman–Crippen LogP) is 2.14. The molecule has 1 amide bonds. The number of carbonyl (C=O) groups excluding carboxylic acids is 2. The highest BCUT2D eigenvalue weighted by atomic mass is 16.6. The van der Waals surface area contributed by atoms with Gasteiger partial charge >= 0.3 is 5.97 Å². The molecule has 0 aliphatic carbocycles. The quantitative estimate of drug-likeness (QED) is 0.378. The third-order valence-corrected chi connectivity index (χ3v) is 4.11. The molecule has 0 aliphatic rings. The number of nitrogens with one attached hydrogen (secondary N) is 1. The smallest absolute Gasteiger partial charge is 0.340 e. The van der Waals surface area contributed by atoms with Crippen LogP contribution in [0.3, 0.4) is 0 Å². The molecule has 0 aliphatic heterocycles. The predicted molar refractivity (Wildman–Crippen MR) is 101 cm³/mol. The zero-order valence-electron chi connectivity index (χ0n) is 15.8. The van der Waals surface area contributed by atoms with E-state index >= 15 is 0 Å². The van der Waals surface area contributed by atoms with Gasteiger partial charge in [0, 0.05) is 18.3 Å². The number of ether oxygens (including phenoxy) is 2. The van der Waals surface area contributed by atoms with Crippen molar-refractivity contribution < 1.29 is 24.0 Å². The number of amides is 1. The van der Waals surface area contributed by atoms with Gasteiger partial charge in [0.05, 0.1) is 23.3 Å². The minimum atomic E-state index is -1.16. The molecule has 0 saturated carbocycles. The van der Waals surface area contributed by atoms with Crippen LogP contribution in [0, 0.1) is 17.0 Å². The van der Waals surface area contributed by atoms with E-state index in [1.807, 2.05) is 0 Å². The van der Waals surface area contributed by atoms with E-state index in [0.29, 0.717) is 11.5 Å². The molecule has 3 rings (SSSR count). The fourth-order valence-corrected chi connectivity index (χ4v) is 2.55. The Morgan fingerprint density at radius 2 is 2.00 bits per heavy atom. The highest BCUT2D eigenvalue weighted by molar-refractivity contribution is 5.98. The molecule has 0 spiro atoms. The average Bonchev–Trinajstić information content (AvgIpc) is 3.08. The Morgan fingerprint density at radius 1 is 1.24 bits per heavy atom. The maximum atomic E-state index is 12.4. The number of benzene rings is 1. The summed E-state index contributed by atoms with van der Waals surface area (Å²) in [7, 11) is 1.36. The maximum Gasteiger partial charge on any atom is 0.340 e. The van der Waals surface area contributed by atoms with Crippen molar-refractivity contribution in [1.29, 1.82) is 0 Å². The molecule has 0 saturated heterocycles. The van der Waals surface area contributed by atoms with Gasteiger partial charge in [0.1, 0.15) is 11.6 Å². The van der Waals surface area contributed by atoms with Gasteiger partial charge < -0.3 is 14.8 Å². The Balaban J connectivity index is 1.73. The second kappa shape index (κ2) is 7.92. The fourth-order valence-electron chi connectivity index (χ4n) is 2.55. The molecule has 150 valence electrons.